The SMILES string of the molecule is CCC(=O)NCCOCCOCC(=O)NCCNC(=O)c1ccc(N)cc1. The Labute approximate surface area is 159 Å². The minimum Gasteiger partial charge on any atom is -0.399 e. The molecular formula is C18H28N4O5. The van der Waals surface area contributed by atoms with Gasteiger partial charge in [0.2, 0.25) is 11.8 Å². The van der Waals surface area contributed by atoms with Gasteiger partial charge in [-0.15, -0.1) is 0 Å². The third-order valence-electron chi connectivity index (χ3n) is 3.40. The number of carbonyl (C=O) groups is 3. The Balaban J connectivity index is 1.96. The largest absolute Gasteiger partial charge is 0.399 e. The Hall–Kier alpha value is -2.65. The van der Waals surface area contributed by atoms with Crippen molar-refractivity contribution >= 4 is 23.4 Å². The maximum atomic E-state index is 11.8. The van der Waals surface area contributed by atoms with Gasteiger partial charge in [-0.1, -0.05) is 6.92 Å². The first-order chi connectivity index (χ1) is 13.0. The van der Waals surface area contributed by atoms with Crippen molar-refractivity contribution in [2.75, 3.05) is 51.8 Å². The normalized spacial score (nSPS) is 10.3. The molecule has 0 aliphatic carbocycles. The van der Waals surface area contributed by atoms with Gasteiger partial charge in [0.25, 0.3) is 5.91 Å². The zero-order valence-electron chi connectivity index (χ0n) is 15.6. The molecule has 0 heterocycles. The van der Waals surface area contributed by atoms with E-state index in [1.807, 2.05) is 0 Å². The van der Waals surface area contributed by atoms with Gasteiger partial charge in [0, 0.05) is 37.3 Å². The first-order valence-corrected chi connectivity index (χ1v) is 8.85. The van der Waals surface area contributed by atoms with E-state index in [-0.39, 0.29) is 30.9 Å². The van der Waals surface area contributed by atoms with E-state index in [0.29, 0.717) is 50.5 Å². The summed E-state index contributed by atoms with van der Waals surface area (Å²) in [7, 11) is 0. The van der Waals surface area contributed by atoms with E-state index in [0.717, 1.165) is 0 Å². The molecule has 1 aromatic rings. The number of nitrogens with one attached hydrogen (secondary N) is 3. The highest BCUT2D eigenvalue weighted by molar-refractivity contribution is 5.94. The van der Waals surface area contributed by atoms with Gasteiger partial charge in [-0.25, -0.2) is 0 Å². The number of nitrogens with two attached hydrogens (primary N) is 1. The summed E-state index contributed by atoms with van der Waals surface area (Å²) in [6.45, 7) is 3.78. The third kappa shape index (κ3) is 10.8. The lowest BCUT2D eigenvalue weighted by molar-refractivity contribution is -0.126. The molecule has 150 valence electrons. The van der Waals surface area contributed by atoms with Gasteiger partial charge in [-0.3, -0.25) is 14.4 Å². The summed E-state index contributed by atoms with van der Waals surface area (Å²) in [4.78, 5) is 34.4. The number of ether oxygens (including phenoxy) is 2. The first-order valence-electron chi connectivity index (χ1n) is 8.85. The van der Waals surface area contributed by atoms with Gasteiger partial charge in [0.15, 0.2) is 0 Å². The minimum absolute atomic E-state index is 0.0174. The van der Waals surface area contributed by atoms with Crippen molar-refractivity contribution in [1.29, 1.82) is 0 Å². The molecule has 0 spiro atoms. The van der Waals surface area contributed by atoms with Crippen LogP contribution in [0, 0.1) is 0 Å². The maximum absolute atomic E-state index is 11.8. The number of nitrogen functional groups attached to an aromatic ring is 1. The number of anilines is 1. The second-order valence-electron chi connectivity index (χ2n) is 5.60. The number of amides is 3. The summed E-state index contributed by atoms with van der Waals surface area (Å²) in [5.74, 6) is -0.518. The summed E-state index contributed by atoms with van der Waals surface area (Å²) in [5.41, 5.74) is 6.66. The molecule has 3 amide bonds. The average Bonchev–Trinajstić information content (AvgIpc) is 2.67. The van der Waals surface area contributed by atoms with E-state index >= 15 is 0 Å². The van der Waals surface area contributed by atoms with Crippen LogP contribution in [0.1, 0.15) is 23.7 Å². The lowest BCUT2D eigenvalue weighted by Gasteiger charge is -2.08. The summed E-state index contributed by atoms with van der Waals surface area (Å²) >= 11 is 0. The second kappa shape index (κ2) is 13.5. The summed E-state index contributed by atoms with van der Waals surface area (Å²) in [6, 6.07) is 6.58. The lowest BCUT2D eigenvalue weighted by Crippen LogP contribution is -2.36. The monoisotopic (exact) mass is 380 g/mol. The van der Waals surface area contributed by atoms with Crippen LogP contribution in [0.3, 0.4) is 0 Å². The number of benzene rings is 1. The molecule has 0 aromatic heterocycles. The molecule has 5 N–H and O–H groups in total. The van der Waals surface area contributed by atoms with Crippen LogP contribution in [0.25, 0.3) is 0 Å². The molecule has 0 bridgehead atoms. The van der Waals surface area contributed by atoms with Crippen molar-refractivity contribution in [2.45, 2.75) is 13.3 Å². The Morgan fingerprint density at radius 3 is 2.19 bits per heavy atom. The fraction of sp³-hybridized carbons (Fsp3) is 0.500. The molecule has 0 fully saturated rings. The number of hydrogen-bond acceptors (Lipinski definition) is 6. The van der Waals surface area contributed by atoms with Crippen LogP contribution in [0.2, 0.25) is 0 Å². The molecule has 9 heteroatoms. The quantitative estimate of drug-likeness (QED) is 0.274. The molecular weight excluding hydrogens is 352 g/mol. The van der Waals surface area contributed by atoms with Crippen molar-refractivity contribution in [3.8, 4) is 0 Å². The van der Waals surface area contributed by atoms with Gasteiger partial charge in [-0.2, -0.15) is 0 Å². The van der Waals surface area contributed by atoms with Crippen molar-refractivity contribution in [3.63, 3.8) is 0 Å². The van der Waals surface area contributed by atoms with E-state index < -0.39 is 0 Å². The predicted molar refractivity (Wildman–Crippen MR) is 101 cm³/mol. The summed E-state index contributed by atoms with van der Waals surface area (Å²) in [5, 5.41) is 8.02. The second-order valence-corrected chi connectivity index (χ2v) is 5.60. The van der Waals surface area contributed by atoms with Crippen molar-refractivity contribution in [2.24, 2.45) is 0 Å². The predicted octanol–water partition coefficient (Wildman–Crippen LogP) is -0.326. The molecule has 9 nitrogen and oxygen atoms in total. The van der Waals surface area contributed by atoms with Gasteiger partial charge < -0.3 is 31.2 Å². The third-order valence-corrected chi connectivity index (χ3v) is 3.40. The van der Waals surface area contributed by atoms with E-state index in [2.05, 4.69) is 16.0 Å². The Morgan fingerprint density at radius 1 is 0.852 bits per heavy atom. The van der Waals surface area contributed by atoms with E-state index in [9.17, 15) is 14.4 Å². The van der Waals surface area contributed by atoms with E-state index in [1.54, 1.807) is 31.2 Å². The Kier molecular flexibility index (Phi) is 11.2. The highest BCUT2D eigenvalue weighted by Crippen LogP contribution is 2.04. The number of hydrogen-bond donors (Lipinski definition) is 4. The van der Waals surface area contributed by atoms with Crippen LogP contribution >= 0.6 is 0 Å². The molecule has 0 radical (unpaired) electrons. The average molecular weight is 380 g/mol. The molecule has 0 aliphatic rings. The topological polar surface area (TPSA) is 132 Å². The van der Waals surface area contributed by atoms with Gasteiger partial charge >= 0.3 is 0 Å². The molecule has 0 aliphatic heterocycles. The zero-order chi connectivity index (χ0) is 19.9. The van der Waals surface area contributed by atoms with Crippen molar-refractivity contribution in [1.82, 2.24) is 16.0 Å². The van der Waals surface area contributed by atoms with Crippen LogP contribution in [0.5, 0.6) is 0 Å². The lowest BCUT2D eigenvalue weighted by atomic mass is 10.2. The fourth-order valence-corrected chi connectivity index (χ4v) is 1.94. The Bertz CT molecular complexity index is 592. The van der Waals surface area contributed by atoms with Crippen molar-refractivity contribution < 1.29 is 23.9 Å². The summed E-state index contributed by atoms with van der Waals surface area (Å²) < 4.78 is 10.4. The van der Waals surface area contributed by atoms with Crippen LogP contribution in [0.4, 0.5) is 5.69 Å². The molecule has 0 saturated carbocycles. The first kappa shape index (κ1) is 22.4. The van der Waals surface area contributed by atoms with E-state index in [4.69, 9.17) is 15.2 Å². The maximum Gasteiger partial charge on any atom is 0.251 e. The van der Waals surface area contributed by atoms with E-state index in [1.165, 1.54) is 0 Å². The molecule has 1 rings (SSSR count). The zero-order valence-corrected chi connectivity index (χ0v) is 15.6. The standard InChI is InChI=1S/C18H28N4O5/c1-2-16(23)21-9-10-26-11-12-27-13-17(24)20-7-8-22-18(25)14-3-5-15(19)6-4-14/h3-6H,2,7-13,19H2,1H3,(H,20,24)(H,21,23)(H,22,25). The van der Waals surface area contributed by atoms with Crippen LogP contribution < -0.4 is 21.7 Å². The van der Waals surface area contributed by atoms with Gasteiger partial charge in [0.05, 0.1) is 19.8 Å². The molecule has 27 heavy (non-hydrogen) atoms. The summed E-state index contributed by atoms with van der Waals surface area (Å²) in [6.07, 6.45) is 0.448. The van der Waals surface area contributed by atoms with Crippen LogP contribution in [-0.2, 0) is 19.1 Å². The molecule has 0 unspecified atom stereocenters. The molecule has 0 atom stereocenters. The molecule has 0 saturated heterocycles. The number of rotatable bonds is 13. The minimum atomic E-state index is -0.271. The van der Waals surface area contributed by atoms with Gasteiger partial charge in [0.1, 0.15) is 6.61 Å². The molecule has 1 aromatic carbocycles. The number of carbonyl (C=O) groups excluding carboxylic acids is 3. The van der Waals surface area contributed by atoms with Crippen LogP contribution in [0.15, 0.2) is 24.3 Å². The fourth-order valence-electron chi connectivity index (χ4n) is 1.94. The highest BCUT2D eigenvalue weighted by atomic mass is 16.5. The smallest absolute Gasteiger partial charge is 0.251 e. The van der Waals surface area contributed by atoms with Gasteiger partial charge in [-0.05, 0) is 24.3 Å². The van der Waals surface area contributed by atoms with Crippen LogP contribution in [-0.4, -0.2) is 63.8 Å². The Morgan fingerprint density at radius 2 is 1.48 bits per heavy atom. The van der Waals surface area contributed by atoms with Crippen molar-refractivity contribution in [3.05, 3.63) is 29.8 Å². The highest BCUT2D eigenvalue weighted by Gasteiger charge is 2.05.